The fourth-order valence-corrected chi connectivity index (χ4v) is 2.58. The Labute approximate surface area is 102 Å². The molecule has 2 fully saturated rings. The topological polar surface area (TPSA) is 57.2 Å². The van der Waals surface area contributed by atoms with Crippen molar-refractivity contribution in [2.45, 2.75) is 70.6 Å². The van der Waals surface area contributed by atoms with Gasteiger partial charge in [0.2, 0.25) is 0 Å². The minimum absolute atomic E-state index is 0.0819. The molecule has 2 aliphatic heterocycles. The second-order valence-corrected chi connectivity index (χ2v) is 5.63. The van der Waals surface area contributed by atoms with Gasteiger partial charge in [0.25, 0.3) is 0 Å². The molecule has 0 aromatic rings. The van der Waals surface area contributed by atoms with Gasteiger partial charge in [-0.3, -0.25) is 0 Å². The summed E-state index contributed by atoms with van der Waals surface area (Å²) in [4.78, 5) is 0. The number of rotatable bonds is 2. The number of ether oxygens (including phenoxy) is 4. The smallest absolute Gasteiger partial charge is 0.164 e. The van der Waals surface area contributed by atoms with Gasteiger partial charge in [-0.2, -0.15) is 0 Å². The van der Waals surface area contributed by atoms with Crippen LogP contribution in [0.1, 0.15) is 34.6 Å². The van der Waals surface area contributed by atoms with E-state index in [-0.39, 0.29) is 31.0 Å². The van der Waals surface area contributed by atoms with Crippen LogP contribution in [0.3, 0.4) is 0 Å². The molecule has 0 saturated carbocycles. The van der Waals surface area contributed by atoms with Crippen LogP contribution in [0.2, 0.25) is 0 Å². The van der Waals surface area contributed by atoms with Gasteiger partial charge in [-0.05, 0) is 34.6 Å². The number of aliphatic hydroxyl groups excluding tert-OH is 1. The largest absolute Gasteiger partial charge is 0.394 e. The highest BCUT2D eigenvalue weighted by molar-refractivity contribution is 4.93. The maximum absolute atomic E-state index is 9.34. The van der Waals surface area contributed by atoms with Gasteiger partial charge in [0.05, 0.1) is 12.7 Å². The molecule has 0 spiro atoms. The van der Waals surface area contributed by atoms with Crippen LogP contribution in [0, 0.1) is 0 Å². The molecule has 2 heterocycles. The summed E-state index contributed by atoms with van der Waals surface area (Å²) in [6.45, 7) is 9.28. The summed E-state index contributed by atoms with van der Waals surface area (Å²) in [5, 5.41) is 9.34. The highest BCUT2D eigenvalue weighted by Gasteiger charge is 2.52. The Morgan fingerprint density at radius 1 is 0.882 bits per heavy atom. The lowest BCUT2D eigenvalue weighted by atomic mass is 10.0. The number of hydrogen-bond donors (Lipinski definition) is 1. The average Bonchev–Trinajstić information content (AvgIpc) is 2.62. The van der Waals surface area contributed by atoms with E-state index in [1.54, 1.807) is 0 Å². The van der Waals surface area contributed by atoms with E-state index in [4.69, 9.17) is 18.9 Å². The highest BCUT2D eigenvalue weighted by Crippen LogP contribution is 2.37. The van der Waals surface area contributed by atoms with Gasteiger partial charge < -0.3 is 24.1 Å². The SMILES string of the molecule is C[C@@H]1OC(C)(C)O[C@@H]1[C@H]1OC(C)(C)O[C@@H]1CO. The second kappa shape index (κ2) is 4.17. The first-order valence-electron chi connectivity index (χ1n) is 6.06. The number of aliphatic hydroxyl groups is 1. The Morgan fingerprint density at radius 3 is 1.88 bits per heavy atom. The van der Waals surface area contributed by atoms with Gasteiger partial charge in [0, 0.05) is 0 Å². The molecule has 17 heavy (non-hydrogen) atoms. The number of hydrogen-bond acceptors (Lipinski definition) is 5. The Hall–Kier alpha value is -0.200. The van der Waals surface area contributed by atoms with Gasteiger partial charge in [-0.25, -0.2) is 0 Å². The Bertz CT molecular complexity index is 289. The van der Waals surface area contributed by atoms with E-state index >= 15 is 0 Å². The van der Waals surface area contributed by atoms with E-state index in [2.05, 4.69) is 0 Å². The van der Waals surface area contributed by atoms with E-state index in [0.29, 0.717) is 0 Å². The summed E-state index contributed by atoms with van der Waals surface area (Å²) < 4.78 is 23.0. The lowest BCUT2D eigenvalue weighted by molar-refractivity contribution is -0.175. The lowest BCUT2D eigenvalue weighted by Gasteiger charge is -2.24. The van der Waals surface area contributed by atoms with Crippen LogP contribution in [0.5, 0.6) is 0 Å². The van der Waals surface area contributed by atoms with Crippen molar-refractivity contribution in [3.05, 3.63) is 0 Å². The third kappa shape index (κ3) is 2.63. The van der Waals surface area contributed by atoms with E-state index in [0.717, 1.165) is 0 Å². The minimum atomic E-state index is -0.687. The first-order chi connectivity index (χ1) is 7.74. The van der Waals surface area contributed by atoms with Gasteiger partial charge in [-0.1, -0.05) is 0 Å². The van der Waals surface area contributed by atoms with Crippen molar-refractivity contribution in [1.82, 2.24) is 0 Å². The normalized spacial score (nSPS) is 44.1. The van der Waals surface area contributed by atoms with Crippen LogP contribution in [-0.2, 0) is 18.9 Å². The lowest BCUT2D eigenvalue weighted by Crippen LogP contribution is -2.42. The molecule has 1 N–H and O–H groups in total. The molecule has 2 saturated heterocycles. The predicted octanol–water partition coefficient (Wildman–Crippen LogP) is 1.04. The van der Waals surface area contributed by atoms with Gasteiger partial charge in [0.1, 0.15) is 18.3 Å². The van der Waals surface area contributed by atoms with E-state index < -0.39 is 11.6 Å². The van der Waals surface area contributed by atoms with Crippen molar-refractivity contribution >= 4 is 0 Å². The van der Waals surface area contributed by atoms with Gasteiger partial charge in [-0.15, -0.1) is 0 Å². The second-order valence-electron chi connectivity index (χ2n) is 5.63. The molecule has 0 bridgehead atoms. The average molecular weight is 246 g/mol. The summed E-state index contributed by atoms with van der Waals surface area (Å²) in [6.07, 6.45) is -0.966. The zero-order chi connectivity index (χ0) is 12.8. The van der Waals surface area contributed by atoms with Crippen LogP contribution >= 0.6 is 0 Å². The van der Waals surface area contributed by atoms with Crippen LogP contribution in [0.4, 0.5) is 0 Å². The maximum atomic E-state index is 9.34. The van der Waals surface area contributed by atoms with E-state index in [1.807, 2.05) is 34.6 Å². The molecule has 0 unspecified atom stereocenters. The molecule has 2 rings (SSSR count). The summed E-state index contributed by atoms with van der Waals surface area (Å²) in [5.41, 5.74) is 0. The first-order valence-corrected chi connectivity index (χ1v) is 6.06. The highest BCUT2D eigenvalue weighted by atomic mass is 16.8. The molecule has 0 aromatic carbocycles. The third-order valence-corrected chi connectivity index (χ3v) is 3.08. The maximum Gasteiger partial charge on any atom is 0.164 e. The van der Waals surface area contributed by atoms with Crippen molar-refractivity contribution in [1.29, 1.82) is 0 Å². The van der Waals surface area contributed by atoms with E-state index in [1.165, 1.54) is 0 Å². The van der Waals surface area contributed by atoms with Crippen molar-refractivity contribution in [2.75, 3.05) is 6.61 Å². The Morgan fingerprint density at radius 2 is 1.41 bits per heavy atom. The fraction of sp³-hybridized carbons (Fsp3) is 1.00. The fourth-order valence-electron chi connectivity index (χ4n) is 2.58. The summed E-state index contributed by atoms with van der Waals surface area (Å²) >= 11 is 0. The van der Waals surface area contributed by atoms with Gasteiger partial charge >= 0.3 is 0 Å². The Balaban J connectivity index is 2.12. The monoisotopic (exact) mass is 246 g/mol. The standard InChI is InChI=1S/C12H22O5/c1-7-9(16-11(2,3)14-7)10-8(6-13)15-12(4,5)17-10/h7-10,13H,6H2,1-5H3/t7-,8+,9-,10-/m0/s1. The van der Waals surface area contributed by atoms with E-state index in [9.17, 15) is 5.11 Å². The van der Waals surface area contributed by atoms with Gasteiger partial charge in [0.15, 0.2) is 11.6 Å². The molecule has 5 nitrogen and oxygen atoms in total. The summed E-state index contributed by atoms with van der Waals surface area (Å²) in [6, 6.07) is 0. The third-order valence-electron chi connectivity index (χ3n) is 3.08. The van der Waals surface area contributed by atoms with Crippen molar-refractivity contribution in [3.8, 4) is 0 Å². The molecular weight excluding hydrogens is 224 g/mol. The predicted molar refractivity (Wildman–Crippen MR) is 60.4 cm³/mol. The molecule has 5 heteroatoms. The zero-order valence-corrected chi connectivity index (χ0v) is 11.1. The van der Waals surface area contributed by atoms with Crippen molar-refractivity contribution in [3.63, 3.8) is 0 Å². The quantitative estimate of drug-likeness (QED) is 0.789. The molecule has 4 atom stereocenters. The molecule has 100 valence electrons. The summed E-state index contributed by atoms with van der Waals surface area (Å²) in [7, 11) is 0. The minimum Gasteiger partial charge on any atom is -0.394 e. The first kappa shape index (κ1) is 13.2. The van der Waals surface area contributed by atoms with Crippen molar-refractivity contribution < 1.29 is 24.1 Å². The molecule has 0 radical (unpaired) electrons. The van der Waals surface area contributed by atoms with Crippen LogP contribution < -0.4 is 0 Å². The Kier molecular flexibility index (Phi) is 3.25. The van der Waals surface area contributed by atoms with Crippen molar-refractivity contribution in [2.24, 2.45) is 0 Å². The molecule has 0 amide bonds. The molecule has 0 aliphatic carbocycles. The molecular formula is C12H22O5. The zero-order valence-electron chi connectivity index (χ0n) is 11.1. The molecule has 0 aromatic heterocycles. The van der Waals surface area contributed by atoms with Crippen LogP contribution in [-0.4, -0.2) is 47.7 Å². The molecule has 2 aliphatic rings. The van der Waals surface area contributed by atoms with Crippen LogP contribution in [0.25, 0.3) is 0 Å². The van der Waals surface area contributed by atoms with Crippen LogP contribution in [0.15, 0.2) is 0 Å². The summed E-state index contributed by atoms with van der Waals surface area (Å²) in [5.74, 6) is -1.30.